The molecule has 0 bridgehead atoms. The molecule has 1 aromatic heterocycles. The lowest BCUT2D eigenvalue weighted by Gasteiger charge is -2.17. The summed E-state index contributed by atoms with van der Waals surface area (Å²) in [5.41, 5.74) is 7.07. The summed E-state index contributed by atoms with van der Waals surface area (Å²) in [6.07, 6.45) is 0.860. The van der Waals surface area contributed by atoms with E-state index in [1.165, 1.54) is 0 Å². The maximum Gasteiger partial charge on any atom is 0.289 e. The molecule has 1 fully saturated rings. The summed E-state index contributed by atoms with van der Waals surface area (Å²) in [4.78, 5) is 14.1. The van der Waals surface area contributed by atoms with Gasteiger partial charge >= 0.3 is 0 Å². The average molecular weight is 260 g/mol. The van der Waals surface area contributed by atoms with E-state index in [9.17, 15) is 4.79 Å². The second-order valence-corrected chi connectivity index (χ2v) is 4.67. The number of nitrogen functional groups attached to an aromatic ring is 1. The fourth-order valence-corrected chi connectivity index (χ4v) is 2.27. The molecule has 2 N–H and O–H groups in total. The number of nitrogens with zero attached hydrogens (tertiary/aromatic N) is 1. The Balaban J connectivity index is 1.88. The van der Waals surface area contributed by atoms with Crippen molar-refractivity contribution in [2.75, 3.05) is 32.0 Å². The number of amides is 1. The zero-order valence-electron chi connectivity index (χ0n) is 10.6. The third-order valence-corrected chi connectivity index (χ3v) is 3.26. The second kappa shape index (κ2) is 4.93. The topological polar surface area (TPSA) is 68.7 Å². The van der Waals surface area contributed by atoms with Crippen molar-refractivity contribution in [3.8, 4) is 0 Å². The van der Waals surface area contributed by atoms with Crippen LogP contribution in [0.15, 0.2) is 28.7 Å². The summed E-state index contributed by atoms with van der Waals surface area (Å²) in [7, 11) is 0. The number of carbonyl (C=O) groups excluding carboxylic acids is 1. The summed E-state index contributed by atoms with van der Waals surface area (Å²) < 4.78 is 10.9. The highest BCUT2D eigenvalue weighted by molar-refractivity contribution is 5.96. The van der Waals surface area contributed by atoms with Gasteiger partial charge in [-0.2, -0.15) is 0 Å². The Kier molecular flexibility index (Phi) is 3.13. The van der Waals surface area contributed by atoms with Crippen LogP contribution in [0.3, 0.4) is 0 Å². The van der Waals surface area contributed by atoms with Crippen LogP contribution in [0.25, 0.3) is 11.0 Å². The molecule has 0 atom stereocenters. The maximum atomic E-state index is 12.4. The smallest absolute Gasteiger partial charge is 0.289 e. The van der Waals surface area contributed by atoms with Gasteiger partial charge in [0.1, 0.15) is 5.58 Å². The zero-order valence-corrected chi connectivity index (χ0v) is 10.6. The van der Waals surface area contributed by atoms with E-state index in [4.69, 9.17) is 14.9 Å². The molecule has 1 saturated heterocycles. The number of hydrogen-bond acceptors (Lipinski definition) is 4. The normalized spacial score (nSPS) is 16.5. The zero-order chi connectivity index (χ0) is 13.2. The molecular weight excluding hydrogens is 244 g/mol. The molecule has 0 radical (unpaired) electrons. The Morgan fingerprint density at radius 1 is 1.21 bits per heavy atom. The van der Waals surface area contributed by atoms with E-state index < -0.39 is 0 Å². The molecule has 2 heterocycles. The number of rotatable bonds is 1. The molecule has 0 unspecified atom stereocenters. The molecule has 5 nitrogen and oxygen atoms in total. The number of fused-ring (bicyclic) bond motifs is 1. The molecule has 3 rings (SSSR count). The molecule has 1 aliphatic heterocycles. The predicted octanol–water partition coefficient (Wildman–Crippen LogP) is 1.88. The van der Waals surface area contributed by atoms with Crippen LogP contribution >= 0.6 is 0 Å². The van der Waals surface area contributed by atoms with Gasteiger partial charge < -0.3 is 19.8 Å². The molecule has 0 saturated carbocycles. The van der Waals surface area contributed by atoms with Crippen LogP contribution in [-0.4, -0.2) is 37.1 Å². The van der Waals surface area contributed by atoms with Crippen molar-refractivity contribution >= 4 is 22.6 Å². The molecule has 1 aromatic carbocycles. The molecule has 19 heavy (non-hydrogen) atoms. The summed E-state index contributed by atoms with van der Waals surface area (Å²) in [6, 6.07) is 7.10. The largest absolute Gasteiger partial charge is 0.451 e. The van der Waals surface area contributed by atoms with Crippen molar-refractivity contribution < 1.29 is 13.9 Å². The van der Waals surface area contributed by atoms with E-state index in [2.05, 4.69) is 0 Å². The number of benzene rings is 1. The monoisotopic (exact) mass is 260 g/mol. The fourth-order valence-electron chi connectivity index (χ4n) is 2.27. The van der Waals surface area contributed by atoms with E-state index in [1.54, 1.807) is 29.2 Å². The summed E-state index contributed by atoms with van der Waals surface area (Å²) in [5.74, 6) is 0.280. The first-order valence-electron chi connectivity index (χ1n) is 6.40. The fraction of sp³-hybridized carbons (Fsp3) is 0.357. The number of furan rings is 1. The lowest BCUT2D eigenvalue weighted by molar-refractivity contribution is 0.0712. The van der Waals surface area contributed by atoms with Gasteiger partial charge in [0, 0.05) is 30.8 Å². The molecule has 2 aromatic rings. The quantitative estimate of drug-likeness (QED) is 0.795. The molecule has 100 valence electrons. The summed E-state index contributed by atoms with van der Waals surface area (Å²) in [6.45, 7) is 2.61. The Hall–Kier alpha value is -2.01. The lowest BCUT2D eigenvalue weighted by atomic mass is 10.2. The van der Waals surface area contributed by atoms with Crippen LogP contribution in [-0.2, 0) is 4.74 Å². The van der Waals surface area contributed by atoms with Crippen molar-refractivity contribution in [2.45, 2.75) is 6.42 Å². The number of nitrogens with two attached hydrogens (primary N) is 1. The van der Waals surface area contributed by atoms with Gasteiger partial charge in [-0.15, -0.1) is 0 Å². The van der Waals surface area contributed by atoms with Gasteiger partial charge in [0.15, 0.2) is 5.76 Å². The van der Waals surface area contributed by atoms with Gasteiger partial charge in [-0.3, -0.25) is 4.79 Å². The molecular formula is C14H16N2O3. The molecule has 0 spiro atoms. The van der Waals surface area contributed by atoms with Gasteiger partial charge in [0.2, 0.25) is 0 Å². The van der Waals surface area contributed by atoms with Gasteiger partial charge in [-0.25, -0.2) is 0 Å². The first kappa shape index (κ1) is 12.0. The highest BCUT2D eigenvalue weighted by Gasteiger charge is 2.20. The minimum absolute atomic E-state index is 0.0831. The van der Waals surface area contributed by atoms with Gasteiger partial charge in [0.05, 0.1) is 6.61 Å². The van der Waals surface area contributed by atoms with Crippen molar-refractivity contribution in [3.05, 3.63) is 30.0 Å². The first-order valence-corrected chi connectivity index (χ1v) is 6.40. The van der Waals surface area contributed by atoms with Crippen LogP contribution in [0.1, 0.15) is 17.0 Å². The second-order valence-electron chi connectivity index (χ2n) is 4.67. The molecule has 1 aliphatic rings. The number of ether oxygens (including phenoxy) is 1. The van der Waals surface area contributed by atoms with Gasteiger partial charge in [0.25, 0.3) is 5.91 Å². The Bertz CT molecular complexity index is 598. The third kappa shape index (κ3) is 2.42. The molecule has 5 heteroatoms. The third-order valence-electron chi connectivity index (χ3n) is 3.26. The van der Waals surface area contributed by atoms with Crippen molar-refractivity contribution in [2.24, 2.45) is 0 Å². The minimum Gasteiger partial charge on any atom is -0.451 e. The first-order chi connectivity index (χ1) is 9.24. The van der Waals surface area contributed by atoms with Crippen LogP contribution in [0, 0.1) is 0 Å². The van der Waals surface area contributed by atoms with Crippen LogP contribution < -0.4 is 5.73 Å². The summed E-state index contributed by atoms with van der Waals surface area (Å²) >= 11 is 0. The van der Waals surface area contributed by atoms with Crippen LogP contribution in [0.2, 0.25) is 0 Å². The highest BCUT2D eigenvalue weighted by Crippen LogP contribution is 2.23. The van der Waals surface area contributed by atoms with Gasteiger partial charge in [-0.1, -0.05) is 0 Å². The minimum atomic E-state index is -0.0831. The Morgan fingerprint density at radius 2 is 2.11 bits per heavy atom. The summed E-state index contributed by atoms with van der Waals surface area (Å²) in [5, 5.41) is 0.856. The lowest BCUT2D eigenvalue weighted by Crippen LogP contribution is -2.32. The van der Waals surface area contributed by atoms with Crippen molar-refractivity contribution in [1.82, 2.24) is 4.90 Å². The number of carbonyl (C=O) groups is 1. The average Bonchev–Trinajstić information content (AvgIpc) is 2.64. The maximum absolute atomic E-state index is 12.4. The SMILES string of the molecule is Nc1ccc2oc(C(=O)N3CCCOCC3)cc2c1. The van der Waals surface area contributed by atoms with E-state index in [0.717, 1.165) is 11.8 Å². The van der Waals surface area contributed by atoms with E-state index in [1.807, 2.05) is 0 Å². The number of anilines is 1. The Morgan fingerprint density at radius 3 is 3.00 bits per heavy atom. The van der Waals surface area contributed by atoms with Crippen molar-refractivity contribution in [1.29, 1.82) is 0 Å². The Labute approximate surface area is 110 Å². The number of hydrogen-bond donors (Lipinski definition) is 1. The molecule has 0 aliphatic carbocycles. The van der Waals surface area contributed by atoms with Crippen molar-refractivity contribution in [3.63, 3.8) is 0 Å². The predicted molar refractivity (Wildman–Crippen MR) is 72.0 cm³/mol. The van der Waals surface area contributed by atoms with E-state index in [-0.39, 0.29) is 5.91 Å². The highest BCUT2D eigenvalue weighted by atomic mass is 16.5. The molecule has 1 amide bonds. The van der Waals surface area contributed by atoms with E-state index in [0.29, 0.717) is 43.3 Å². The van der Waals surface area contributed by atoms with Crippen LogP contribution in [0.5, 0.6) is 0 Å². The standard InChI is InChI=1S/C14H16N2O3/c15-11-2-3-12-10(8-11)9-13(19-12)14(17)16-4-1-6-18-7-5-16/h2-3,8-9H,1,4-7,15H2. The van der Waals surface area contributed by atoms with Gasteiger partial charge in [-0.05, 0) is 30.7 Å². The van der Waals surface area contributed by atoms with E-state index >= 15 is 0 Å². The van der Waals surface area contributed by atoms with Crippen LogP contribution in [0.4, 0.5) is 5.69 Å².